The maximum Gasteiger partial charge on any atom is 0.253 e. The minimum absolute atomic E-state index is 0.0789. The number of nitrogens with one attached hydrogen (secondary N) is 1. The molecule has 2 aromatic carbocycles. The predicted molar refractivity (Wildman–Crippen MR) is 95.4 cm³/mol. The number of benzene rings is 2. The lowest BCUT2D eigenvalue weighted by Gasteiger charge is -2.20. The van der Waals surface area contributed by atoms with Gasteiger partial charge in [-0.25, -0.2) is 0 Å². The Bertz CT molecular complexity index is 742. The zero-order valence-corrected chi connectivity index (χ0v) is 14.5. The molecule has 0 aromatic heterocycles. The first-order chi connectivity index (χ1) is 11.0. The lowest BCUT2D eigenvalue weighted by Crippen LogP contribution is -2.27. The molecule has 0 heterocycles. The SMILES string of the molecule is C[C@H](NC(=O)c1cc(Cl)ccc1Cl)c1ccc2c(c1)CCCC2. The first-order valence-electron chi connectivity index (χ1n) is 7.92. The zero-order chi connectivity index (χ0) is 16.4. The van der Waals surface area contributed by atoms with Crippen LogP contribution in [-0.2, 0) is 12.8 Å². The second-order valence-electron chi connectivity index (χ2n) is 6.05. The first kappa shape index (κ1) is 16.4. The highest BCUT2D eigenvalue weighted by atomic mass is 35.5. The smallest absolute Gasteiger partial charge is 0.253 e. The molecule has 1 amide bonds. The van der Waals surface area contributed by atoms with E-state index < -0.39 is 0 Å². The quantitative estimate of drug-likeness (QED) is 0.795. The summed E-state index contributed by atoms with van der Waals surface area (Å²) in [7, 11) is 0. The molecule has 4 heteroatoms. The zero-order valence-electron chi connectivity index (χ0n) is 13.0. The van der Waals surface area contributed by atoms with E-state index in [4.69, 9.17) is 23.2 Å². The molecule has 0 bridgehead atoms. The van der Waals surface area contributed by atoms with E-state index in [1.807, 2.05) is 6.92 Å². The van der Waals surface area contributed by atoms with Crippen molar-refractivity contribution in [2.24, 2.45) is 0 Å². The Morgan fingerprint density at radius 3 is 2.57 bits per heavy atom. The van der Waals surface area contributed by atoms with Crippen molar-refractivity contribution in [2.75, 3.05) is 0 Å². The summed E-state index contributed by atoms with van der Waals surface area (Å²) in [5, 5.41) is 3.91. The molecule has 2 nitrogen and oxygen atoms in total. The van der Waals surface area contributed by atoms with Crippen molar-refractivity contribution in [3.05, 3.63) is 68.7 Å². The molecule has 1 aliphatic carbocycles. The summed E-state index contributed by atoms with van der Waals surface area (Å²) in [6, 6.07) is 11.4. The van der Waals surface area contributed by atoms with E-state index in [0.29, 0.717) is 15.6 Å². The Hall–Kier alpha value is -1.51. The molecule has 1 atom stereocenters. The fraction of sp³-hybridized carbons (Fsp3) is 0.316. The molecular formula is C19H19Cl2NO. The van der Waals surface area contributed by atoms with Gasteiger partial charge in [-0.2, -0.15) is 0 Å². The van der Waals surface area contributed by atoms with Crippen molar-refractivity contribution < 1.29 is 4.79 Å². The van der Waals surface area contributed by atoms with Gasteiger partial charge < -0.3 is 5.32 Å². The molecule has 3 rings (SSSR count). The number of carbonyl (C=O) groups is 1. The minimum Gasteiger partial charge on any atom is -0.345 e. The van der Waals surface area contributed by atoms with E-state index >= 15 is 0 Å². The van der Waals surface area contributed by atoms with E-state index in [-0.39, 0.29) is 11.9 Å². The molecule has 0 aliphatic heterocycles. The molecule has 1 aliphatic rings. The highest BCUT2D eigenvalue weighted by Crippen LogP contribution is 2.26. The number of rotatable bonds is 3. The maximum absolute atomic E-state index is 12.4. The van der Waals surface area contributed by atoms with Crippen LogP contribution in [0.2, 0.25) is 10.0 Å². The molecule has 120 valence electrons. The van der Waals surface area contributed by atoms with Crippen LogP contribution in [0.15, 0.2) is 36.4 Å². The Morgan fingerprint density at radius 1 is 1.04 bits per heavy atom. The summed E-state index contributed by atoms with van der Waals surface area (Å²) in [6.07, 6.45) is 4.81. The molecule has 23 heavy (non-hydrogen) atoms. The molecular weight excluding hydrogens is 329 g/mol. The molecule has 0 spiro atoms. The van der Waals surface area contributed by atoms with Crippen LogP contribution in [0.3, 0.4) is 0 Å². The summed E-state index contributed by atoms with van der Waals surface area (Å²) >= 11 is 12.1. The molecule has 0 saturated heterocycles. The molecule has 0 saturated carbocycles. The third-order valence-electron chi connectivity index (χ3n) is 4.39. The second-order valence-corrected chi connectivity index (χ2v) is 6.90. The van der Waals surface area contributed by atoms with Gasteiger partial charge in [0, 0.05) is 5.02 Å². The van der Waals surface area contributed by atoms with Gasteiger partial charge in [-0.3, -0.25) is 4.79 Å². The summed E-state index contributed by atoms with van der Waals surface area (Å²) in [4.78, 5) is 12.4. The van der Waals surface area contributed by atoms with E-state index in [9.17, 15) is 4.79 Å². The molecule has 2 aromatic rings. The third-order valence-corrected chi connectivity index (χ3v) is 4.96. The molecule has 0 unspecified atom stereocenters. The lowest BCUT2D eigenvalue weighted by atomic mass is 9.89. The maximum atomic E-state index is 12.4. The number of carbonyl (C=O) groups excluding carboxylic acids is 1. The van der Waals surface area contributed by atoms with Gasteiger partial charge in [0.15, 0.2) is 0 Å². The number of aryl methyl sites for hydroxylation is 2. The Kier molecular flexibility index (Phi) is 4.93. The van der Waals surface area contributed by atoms with Crippen molar-refractivity contribution in [3.63, 3.8) is 0 Å². The van der Waals surface area contributed by atoms with Gasteiger partial charge in [0.1, 0.15) is 0 Å². The summed E-state index contributed by atoms with van der Waals surface area (Å²) < 4.78 is 0. The highest BCUT2D eigenvalue weighted by molar-refractivity contribution is 6.35. The summed E-state index contributed by atoms with van der Waals surface area (Å²) in [5.74, 6) is -0.206. The van der Waals surface area contributed by atoms with Crippen LogP contribution >= 0.6 is 23.2 Å². The van der Waals surface area contributed by atoms with E-state index in [0.717, 1.165) is 18.4 Å². The van der Waals surface area contributed by atoms with Crippen LogP contribution in [0.4, 0.5) is 0 Å². The predicted octanol–water partition coefficient (Wildman–Crippen LogP) is 5.36. The van der Waals surface area contributed by atoms with Crippen LogP contribution in [0.1, 0.15) is 52.9 Å². The normalized spacial score (nSPS) is 14.9. The summed E-state index contributed by atoms with van der Waals surface area (Å²) in [6.45, 7) is 1.99. The van der Waals surface area contributed by atoms with Crippen molar-refractivity contribution >= 4 is 29.1 Å². The Labute approximate surface area is 146 Å². The fourth-order valence-electron chi connectivity index (χ4n) is 3.05. The number of halogens is 2. The Balaban J connectivity index is 1.77. The van der Waals surface area contributed by atoms with Gasteiger partial charge in [0.25, 0.3) is 5.91 Å². The number of amides is 1. The standard InChI is InChI=1S/C19H19Cl2NO/c1-12(14-7-6-13-4-2-3-5-15(13)10-14)22-19(23)17-11-16(20)8-9-18(17)21/h6-12H,2-5H2,1H3,(H,22,23)/t12-/m0/s1. The molecule has 0 fully saturated rings. The minimum atomic E-state index is -0.206. The van der Waals surface area contributed by atoms with Gasteiger partial charge in [-0.1, -0.05) is 41.4 Å². The second kappa shape index (κ2) is 6.94. The number of fused-ring (bicyclic) bond motifs is 1. The van der Waals surface area contributed by atoms with Gasteiger partial charge in [0.05, 0.1) is 16.6 Å². The van der Waals surface area contributed by atoms with E-state index in [1.165, 1.54) is 24.0 Å². The number of hydrogen-bond acceptors (Lipinski definition) is 1. The van der Waals surface area contributed by atoms with Crippen LogP contribution < -0.4 is 5.32 Å². The van der Waals surface area contributed by atoms with E-state index in [2.05, 4.69) is 23.5 Å². The topological polar surface area (TPSA) is 29.1 Å². The average Bonchev–Trinajstić information content (AvgIpc) is 2.56. The van der Waals surface area contributed by atoms with Crippen molar-refractivity contribution in [3.8, 4) is 0 Å². The first-order valence-corrected chi connectivity index (χ1v) is 8.68. The van der Waals surface area contributed by atoms with Gasteiger partial charge in [-0.15, -0.1) is 0 Å². The van der Waals surface area contributed by atoms with Gasteiger partial charge in [0.2, 0.25) is 0 Å². The molecule has 0 radical (unpaired) electrons. The lowest BCUT2D eigenvalue weighted by molar-refractivity contribution is 0.0940. The van der Waals surface area contributed by atoms with Crippen molar-refractivity contribution in [1.29, 1.82) is 0 Å². The third kappa shape index (κ3) is 3.70. The van der Waals surface area contributed by atoms with Crippen LogP contribution in [-0.4, -0.2) is 5.91 Å². The highest BCUT2D eigenvalue weighted by Gasteiger charge is 2.16. The van der Waals surface area contributed by atoms with Crippen molar-refractivity contribution in [1.82, 2.24) is 5.32 Å². The molecule has 1 N–H and O–H groups in total. The van der Waals surface area contributed by atoms with E-state index in [1.54, 1.807) is 18.2 Å². The van der Waals surface area contributed by atoms with Gasteiger partial charge in [-0.05, 0) is 67.5 Å². The van der Waals surface area contributed by atoms with Crippen LogP contribution in [0.5, 0.6) is 0 Å². The number of hydrogen-bond donors (Lipinski definition) is 1. The van der Waals surface area contributed by atoms with Crippen LogP contribution in [0, 0.1) is 0 Å². The van der Waals surface area contributed by atoms with Gasteiger partial charge >= 0.3 is 0 Å². The van der Waals surface area contributed by atoms with Crippen LogP contribution in [0.25, 0.3) is 0 Å². The Morgan fingerprint density at radius 2 is 1.78 bits per heavy atom. The van der Waals surface area contributed by atoms with Crippen molar-refractivity contribution in [2.45, 2.75) is 38.6 Å². The average molecular weight is 348 g/mol. The summed E-state index contributed by atoms with van der Waals surface area (Å²) in [5.41, 5.74) is 4.38. The largest absolute Gasteiger partial charge is 0.345 e. The monoisotopic (exact) mass is 347 g/mol. The fourth-order valence-corrected chi connectivity index (χ4v) is 3.43.